The molecular formula is C16H12N2O3S. The summed E-state index contributed by atoms with van der Waals surface area (Å²) in [5, 5.41) is 11.8. The van der Waals surface area contributed by atoms with Gasteiger partial charge in [-0.2, -0.15) is 0 Å². The number of nitrogens with zero attached hydrogens (tertiary/aromatic N) is 1. The monoisotopic (exact) mass is 312 g/mol. The zero-order valence-corrected chi connectivity index (χ0v) is 12.2. The molecule has 1 aliphatic heterocycles. The van der Waals surface area contributed by atoms with Crippen molar-refractivity contribution in [1.82, 2.24) is 5.32 Å². The Morgan fingerprint density at radius 2 is 1.77 bits per heavy atom. The third-order valence-corrected chi connectivity index (χ3v) is 4.28. The second kappa shape index (κ2) is 6.03. The molecule has 6 heteroatoms. The van der Waals surface area contributed by atoms with Crippen LogP contribution in [0.1, 0.15) is 21.2 Å². The molecule has 0 spiro atoms. The third-order valence-electron chi connectivity index (χ3n) is 3.14. The van der Waals surface area contributed by atoms with Gasteiger partial charge in [0, 0.05) is 0 Å². The number of aromatic carboxylic acids is 1. The molecule has 0 aliphatic carbocycles. The van der Waals surface area contributed by atoms with Gasteiger partial charge in [0.05, 0.1) is 11.3 Å². The summed E-state index contributed by atoms with van der Waals surface area (Å²) in [4.78, 5) is 27.2. The van der Waals surface area contributed by atoms with Crippen LogP contribution < -0.4 is 5.32 Å². The zero-order chi connectivity index (χ0) is 15.5. The molecule has 5 nitrogen and oxygen atoms in total. The van der Waals surface area contributed by atoms with Crippen molar-refractivity contribution in [2.45, 2.75) is 5.25 Å². The normalized spacial score (nSPS) is 19.2. The zero-order valence-electron chi connectivity index (χ0n) is 11.4. The molecule has 0 bridgehead atoms. The highest BCUT2D eigenvalue weighted by atomic mass is 32.2. The maximum Gasteiger partial charge on any atom is 0.335 e. The Hall–Kier alpha value is -2.60. The summed E-state index contributed by atoms with van der Waals surface area (Å²) in [7, 11) is 0. The number of hydrogen-bond donors (Lipinski definition) is 2. The van der Waals surface area contributed by atoms with E-state index in [0.29, 0.717) is 10.9 Å². The number of hydrogen-bond acceptors (Lipinski definition) is 4. The van der Waals surface area contributed by atoms with Crippen LogP contribution in [0.3, 0.4) is 0 Å². The van der Waals surface area contributed by atoms with Gasteiger partial charge in [0.15, 0.2) is 5.17 Å². The smallest absolute Gasteiger partial charge is 0.335 e. The number of amides is 1. The summed E-state index contributed by atoms with van der Waals surface area (Å²) in [5.74, 6) is -1.08. The van der Waals surface area contributed by atoms with Gasteiger partial charge in [-0.05, 0) is 29.8 Å². The number of carboxylic acid groups (broad SMARTS) is 1. The van der Waals surface area contributed by atoms with E-state index in [1.165, 1.54) is 23.9 Å². The average Bonchev–Trinajstić information content (AvgIpc) is 2.89. The van der Waals surface area contributed by atoms with Gasteiger partial charge in [-0.3, -0.25) is 4.79 Å². The minimum atomic E-state index is -0.980. The van der Waals surface area contributed by atoms with Crippen molar-refractivity contribution in [3.63, 3.8) is 0 Å². The second-order valence-electron chi connectivity index (χ2n) is 4.67. The highest BCUT2D eigenvalue weighted by molar-refractivity contribution is 8.15. The van der Waals surface area contributed by atoms with Gasteiger partial charge in [-0.25, -0.2) is 9.79 Å². The van der Waals surface area contributed by atoms with Gasteiger partial charge in [0.1, 0.15) is 5.25 Å². The summed E-state index contributed by atoms with van der Waals surface area (Å²) in [6.45, 7) is 0. The van der Waals surface area contributed by atoms with E-state index in [2.05, 4.69) is 10.3 Å². The fourth-order valence-electron chi connectivity index (χ4n) is 2.06. The Balaban J connectivity index is 1.79. The van der Waals surface area contributed by atoms with Crippen molar-refractivity contribution in [2.24, 2.45) is 4.99 Å². The number of nitrogens with one attached hydrogen (secondary N) is 1. The standard InChI is InChI=1S/C16H12N2O3S/c19-14-13(10-4-2-1-3-5-10)22-16(18-14)17-12-8-6-11(7-9-12)15(20)21/h1-9,13H,(H,20,21)(H,17,18,19). The molecule has 2 N–H and O–H groups in total. The van der Waals surface area contributed by atoms with Crippen molar-refractivity contribution in [2.75, 3.05) is 0 Å². The lowest BCUT2D eigenvalue weighted by atomic mass is 10.1. The first-order chi connectivity index (χ1) is 10.6. The van der Waals surface area contributed by atoms with Crippen LogP contribution >= 0.6 is 11.8 Å². The number of rotatable bonds is 3. The van der Waals surface area contributed by atoms with E-state index in [1.54, 1.807) is 12.1 Å². The van der Waals surface area contributed by atoms with Gasteiger partial charge in [0.2, 0.25) is 5.91 Å². The van der Waals surface area contributed by atoms with Gasteiger partial charge >= 0.3 is 5.97 Å². The average molecular weight is 312 g/mol. The van der Waals surface area contributed by atoms with Crippen molar-refractivity contribution in [3.05, 3.63) is 65.7 Å². The van der Waals surface area contributed by atoms with Gasteiger partial charge in [-0.15, -0.1) is 0 Å². The fraction of sp³-hybridized carbons (Fsp3) is 0.0625. The number of benzene rings is 2. The van der Waals surface area contributed by atoms with Crippen LogP contribution in [0.5, 0.6) is 0 Å². The molecule has 1 atom stereocenters. The lowest BCUT2D eigenvalue weighted by Gasteiger charge is -2.03. The van der Waals surface area contributed by atoms with E-state index >= 15 is 0 Å². The molecule has 2 aromatic carbocycles. The summed E-state index contributed by atoms with van der Waals surface area (Å²) < 4.78 is 0. The molecule has 1 amide bonds. The van der Waals surface area contributed by atoms with E-state index < -0.39 is 5.97 Å². The van der Waals surface area contributed by atoms with Crippen LogP contribution in [0.15, 0.2) is 59.6 Å². The summed E-state index contributed by atoms with van der Waals surface area (Å²) >= 11 is 1.35. The minimum Gasteiger partial charge on any atom is -0.478 e. The number of thioether (sulfide) groups is 1. The van der Waals surface area contributed by atoms with Crippen molar-refractivity contribution in [3.8, 4) is 0 Å². The van der Waals surface area contributed by atoms with E-state index in [9.17, 15) is 9.59 Å². The molecule has 22 heavy (non-hydrogen) atoms. The van der Waals surface area contributed by atoms with Crippen LogP contribution in [0.25, 0.3) is 0 Å². The first-order valence-corrected chi connectivity index (χ1v) is 7.46. The molecule has 1 fully saturated rings. The Morgan fingerprint density at radius 1 is 1.09 bits per heavy atom. The summed E-state index contributed by atoms with van der Waals surface area (Å²) in [6, 6.07) is 15.7. The minimum absolute atomic E-state index is 0.0999. The number of carboxylic acids is 1. The maximum absolute atomic E-state index is 12.0. The molecule has 1 unspecified atom stereocenters. The number of carbonyl (C=O) groups excluding carboxylic acids is 1. The SMILES string of the molecule is O=C(O)c1ccc(N=C2NC(=O)C(c3ccccc3)S2)cc1. The molecule has 1 saturated heterocycles. The Bertz CT molecular complexity index is 742. The Kier molecular flexibility index (Phi) is 3.93. The van der Waals surface area contributed by atoms with E-state index in [1.807, 2.05) is 30.3 Å². The van der Waals surface area contributed by atoms with E-state index in [-0.39, 0.29) is 16.7 Å². The van der Waals surface area contributed by atoms with Crippen LogP contribution in [0, 0.1) is 0 Å². The summed E-state index contributed by atoms with van der Waals surface area (Å²) in [5.41, 5.74) is 1.73. The van der Waals surface area contributed by atoms with Crippen LogP contribution in [0.4, 0.5) is 5.69 Å². The van der Waals surface area contributed by atoms with E-state index in [0.717, 1.165) is 5.56 Å². The predicted molar refractivity (Wildman–Crippen MR) is 85.4 cm³/mol. The quantitative estimate of drug-likeness (QED) is 0.913. The molecule has 110 valence electrons. The van der Waals surface area contributed by atoms with Crippen molar-refractivity contribution in [1.29, 1.82) is 0 Å². The number of aliphatic imine (C=N–C) groups is 1. The topological polar surface area (TPSA) is 78.8 Å². The van der Waals surface area contributed by atoms with Crippen molar-refractivity contribution >= 4 is 34.5 Å². The van der Waals surface area contributed by atoms with Crippen LogP contribution in [0.2, 0.25) is 0 Å². The predicted octanol–water partition coefficient (Wildman–Crippen LogP) is 2.98. The molecule has 3 rings (SSSR count). The Morgan fingerprint density at radius 3 is 2.41 bits per heavy atom. The molecule has 0 radical (unpaired) electrons. The number of carbonyl (C=O) groups is 2. The molecule has 1 heterocycles. The first-order valence-electron chi connectivity index (χ1n) is 6.58. The largest absolute Gasteiger partial charge is 0.478 e. The lowest BCUT2D eigenvalue weighted by molar-refractivity contribution is -0.118. The van der Waals surface area contributed by atoms with Gasteiger partial charge in [0.25, 0.3) is 0 Å². The van der Waals surface area contributed by atoms with E-state index in [4.69, 9.17) is 5.11 Å². The maximum atomic E-state index is 12.0. The lowest BCUT2D eigenvalue weighted by Crippen LogP contribution is -2.21. The first kappa shape index (κ1) is 14.3. The van der Waals surface area contributed by atoms with Crippen LogP contribution in [-0.2, 0) is 4.79 Å². The summed E-state index contributed by atoms with van der Waals surface area (Å²) in [6.07, 6.45) is 0. The second-order valence-corrected chi connectivity index (χ2v) is 5.76. The van der Waals surface area contributed by atoms with Gasteiger partial charge < -0.3 is 10.4 Å². The fourth-order valence-corrected chi connectivity index (χ4v) is 3.06. The number of amidine groups is 1. The van der Waals surface area contributed by atoms with Crippen molar-refractivity contribution < 1.29 is 14.7 Å². The highest BCUT2D eigenvalue weighted by Gasteiger charge is 2.31. The molecule has 0 saturated carbocycles. The molecule has 1 aliphatic rings. The Labute approximate surface area is 131 Å². The molecule has 0 aromatic heterocycles. The molecule has 2 aromatic rings. The molecular weight excluding hydrogens is 300 g/mol. The van der Waals surface area contributed by atoms with Gasteiger partial charge in [-0.1, -0.05) is 42.1 Å². The third kappa shape index (κ3) is 3.01. The highest BCUT2D eigenvalue weighted by Crippen LogP contribution is 2.35. The van der Waals surface area contributed by atoms with Crippen LogP contribution in [-0.4, -0.2) is 22.2 Å².